The SMILES string of the molecule is CCN(CC)CCCNC(=O)c1cc(N2CCN(c3cccc(C(F)(F)F)c3)CC2)nc2ccccc12. The molecule has 0 bridgehead atoms. The van der Waals surface area contributed by atoms with Gasteiger partial charge in [0.2, 0.25) is 0 Å². The summed E-state index contributed by atoms with van der Waals surface area (Å²) >= 11 is 0. The molecule has 9 heteroatoms. The summed E-state index contributed by atoms with van der Waals surface area (Å²) < 4.78 is 39.4. The zero-order valence-corrected chi connectivity index (χ0v) is 21.4. The highest BCUT2D eigenvalue weighted by Crippen LogP contribution is 2.32. The Morgan fingerprint density at radius 3 is 2.38 bits per heavy atom. The van der Waals surface area contributed by atoms with E-state index in [1.54, 1.807) is 6.07 Å². The maximum absolute atomic E-state index is 13.2. The molecular weight excluding hydrogens is 479 g/mol. The summed E-state index contributed by atoms with van der Waals surface area (Å²) in [6.07, 6.45) is -3.49. The summed E-state index contributed by atoms with van der Waals surface area (Å²) in [5.74, 6) is 0.581. The Bertz CT molecular complexity index is 1200. The van der Waals surface area contributed by atoms with Gasteiger partial charge in [-0.15, -0.1) is 0 Å². The molecule has 1 aliphatic heterocycles. The number of carbonyl (C=O) groups is 1. The Hall–Kier alpha value is -3.33. The van der Waals surface area contributed by atoms with Gasteiger partial charge in [0.15, 0.2) is 0 Å². The maximum Gasteiger partial charge on any atom is 0.416 e. The van der Waals surface area contributed by atoms with Gasteiger partial charge in [-0.2, -0.15) is 13.2 Å². The molecule has 1 amide bonds. The molecular formula is C28H34F3N5O. The van der Waals surface area contributed by atoms with Crippen molar-refractivity contribution < 1.29 is 18.0 Å². The summed E-state index contributed by atoms with van der Waals surface area (Å²) in [7, 11) is 0. The first-order valence-corrected chi connectivity index (χ1v) is 12.9. The number of pyridine rings is 1. The molecule has 3 aromatic rings. The van der Waals surface area contributed by atoms with Crippen LogP contribution in [0.4, 0.5) is 24.7 Å². The van der Waals surface area contributed by atoms with E-state index in [0.29, 0.717) is 49.8 Å². The lowest BCUT2D eigenvalue weighted by molar-refractivity contribution is -0.137. The summed E-state index contributed by atoms with van der Waals surface area (Å²) in [6.45, 7) is 10.1. The van der Waals surface area contributed by atoms with Crippen LogP contribution < -0.4 is 15.1 Å². The van der Waals surface area contributed by atoms with Crippen LogP contribution in [0.5, 0.6) is 0 Å². The van der Waals surface area contributed by atoms with E-state index >= 15 is 0 Å². The molecule has 1 aliphatic rings. The predicted octanol–water partition coefficient (Wildman–Crippen LogP) is 5.04. The number of piperazine rings is 1. The van der Waals surface area contributed by atoms with Crippen LogP contribution >= 0.6 is 0 Å². The van der Waals surface area contributed by atoms with Crippen LogP contribution in [0.25, 0.3) is 10.9 Å². The summed E-state index contributed by atoms with van der Waals surface area (Å²) in [5, 5.41) is 3.86. The normalized spacial score (nSPS) is 14.4. The minimum atomic E-state index is -4.37. The number of fused-ring (bicyclic) bond motifs is 1. The number of nitrogens with one attached hydrogen (secondary N) is 1. The molecule has 2 aromatic carbocycles. The number of carbonyl (C=O) groups excluding carboxylic acids is 1. The number of nitrogens with zero attached hydrogens (tertiary/aromatic N) is 4. The van der Waals surface area contributed by atoms with Crippen LogP contribution in [0.1, 0.15) is 36.2 Å². The van der Waals surface area contributed by atoms with E-state index in [2.05, 4.69) is 29.0 Å². The highest BCUT2D eigenvalue weighted by Gasteiger charge is 2.31. The molecule has 1 aromatic heterocycles. The minimum absolute atomic E-state index is 0.123. The van der Waals surface area contributed by atoms with Gasteiger partial charge in [-0.1, -0.05) is 38.1 Å². The lowest BCUT2D eigenvalue weighted by Crippen LogP contribution is -2.47. The molecule has 4 rings (SSSR count). The number of hydrogen-bond acceptors (Lipinski definition) is 5. The smallest absolute Gasteiger partial charge is 0.368 e. The molecule has 198 valence electrons. The average Bonchev–Trinajstić information content (AvgIpc) is 2.92. The van der Waals surface area contributed by atoms with E-state index in [4.69, 9.17) is 4.98 Å². The van der Waals surface area contributed by atoms with Crippen molar-refractivity contribution in [2.75, 3.05) is 62.2 Å². The minimum Gasteiger partial charge on any atom is -0.368 e. The fourth-order valence-electron chi connectivity index (χ4n) is 4.72. The van der Waals surface area contributed by atoms with Crippen molar-refractivity contribution in [2.24, 2.45) is 0 Å². The van der Waals surface area contributed by atoms with Crippen LogP contribution in [-0.4, -0.2) is 68.1 Å². The molecule has 0 spiro atoms. The van der Waals surface area contributed by atoms with E-state index in [-0.39, 0.29) is 5.91 Å². The van der Waals surface area contributed by atoms with Crippen LogP contribution in [0.15, 0.2) is 54.6 Å². The van der Waals surface area contributed by atoms with Crippen molar-refractivity contribution in [1.29, 1.82) is 0 Å². The topological polar surface area (TPSA) is 51.7 Å². The van der Waals surface area contributed by atoms with Crippen molar-refractivity contribution in [3.63, 3.8) is 0 Å². The molecule has 6 nitrogen and oxygen atoms in total. The van der Waals surface area contributed by atoms with E-state index in [9.17, 15) is 18.0 Å². The second kappa shape index (κ2) is 11.8. The molecule has 37 heavy (non-hydrogen) atoms. The Labute approximate surface area is 216 Å². The molecule has 1 N–H and O–H groups in total. The molecule has 2 heterocycles. The first-order valence-electron chi connectivity index (χ1n) is 12.9. The zero-order chi connectivity index (χ0) is 26.4. The molecule has 1 fully saturated rings. The Morgan fingerprint density at radius 1 is 0.973 bits per heavy atom. The number of anilines is 2. The van der Waals surface area contributed by atoms with Gasteiger partial charge in [0, 0.05) is 43.8 Å². The second-order valence-corrected chi connectivity index (χ2v) is 9.20. The Balaban J connectivity index is 1.46. The maximum atomic E-state index is 13.2. The number of aromatic nitrogens is 1. The van der Waals surface area contributed by atoms with Gasteiger partial charge in [-0.3, -0.25) is 4.79 Å². The Kier molecular flexibility index (Phi) is 8.53. The quantitative estimate of drug-likeness (QED) is 0.406. The third-order valence-corrected chi connectivity index (χ3v) is 6.92. The van der Waals surface area contributed by atoms with E-state index in [1.165, 1.54) is 12.1 Å². The summed E-state index contributed by atoms with van der Waals surface area (Å²) in [6, 6.07) is 14.9. The van der Waals surface area contributed by atoms with Crippen molar-refractivity contribution in [1.82, 2.24) is 15.2 Å². The third kappa shape index (κ3) is 6.52. The fourth-order valence-corrected chi connectivity index (χ4v) is 4.72. The highest BCUT2D eigenvalue weighted by molar-refractivity contribution is 6.07. The van der Waals surface area contributed by atoms with Gasteiger partial charge < -0.3 is 20.0 Å². The highest BCUT2D eigenvalue weighted by atomic mass is 19.4. The monoisotopic (exact) mass is 513 g/mol. The number of amides is 1. The van der Waals surface area contributed by atoms with Gasteiger partial charge >= 0.3 is 6.18 Å². The second-order valence-electron chi connectivity index (χ2n) is 9.20. The summed E-state index contributed by atoms with van der Waals surface area (Å²) in [5.41, 5.74) is 1.25. The van der Waals surface area contributed by atoms with Gasteiger partial charge in [0.25, 0.3) is 5.91 Å². The molecule has 0 unspecified atom stereocenters. The largest absolute Gasteiger partial charge is 0.416 e. The molecule has 0 radical (unpaired) electrons. The molecule has 1 saturated heterocycles. The van der Waals surface area contributed by atoms with E-state index in [0.717, 1.165) is 43.0 Å². The van der Waals surface area contributed by atoms with Crippen LogP contribution in [-0.2, 0) is 6.18 Å². The molecule has 0 atom stereocenters. The summed E-state index contributed by atoms with van der Waals surface area (Å²) in [4.78, 5) is 24.3. The lowest BCUT2D eigenvalue weighted by atomic mass is 10.1. The van der Waals surface area contributed by atoms with E-state index < -0.39 is 11.7 Å². The zero-order valence-electron chi connectivity index (χ0n) is 21.4. The van der Waals surface area contributed by atoms with Gasteiger partial charge in [0.05, 0.1) is 16.6 Å². The van der Waals surface area contributed by atoms with Crippen LogP contribution in [0.3, 0.4) is 0 Å². The molecule has 0 saturated carbocycles. The standard InChI is InChI=1S/C28H34F3N5O/c1-3-34(4-2)14-8-13-32-27(37)24-20-26(33-25-12-6-5-11-23(24)25)36-17-15-35(16-18-36)22-10-7-9-21(19-22)28(29,30)31/h5-7,9-12,19-20H,3-4,8,13-18H2,1-2H3,(H,32,37). The lowest BCUT2D eigenvalue weighted by Gasteiger charge is -2.37. The van der Waals surface area contributed by atoms with Crippen molar-refractivity contribution in [2.45, 2.75) is 26.4 Å². The third-order valence-electron chi connectivity index (χ3n) is 6.92. The first-order chi connectivity index (χ1) is 17.8. The van der Waals surface area contributed by atoms with Gasteiger partial charge in [-0.05, 0) is 56.4 Å². The van der Waals surface area contributed by atoms with Gasteiger partial charge in [0.1, 0.15) is 5.82 Å². The molecule has 0 aliphatic carbocycles. The van der Waals surface area contributed by atoms with E-state index in [1.807, 2.05) is 35.2 Å². The Morgan fingerprint density at radius 2 is 1.68 bits per heavy atom. The van der Waals surface area contributed by atoms with Crippen molar-refractivity contribution >= 4 is 28.3 Å². The first kappa shape index (κ1) is 26.7. The fraction of sp³-hybridized carbons (Fsp3) is 0.429. The van der Waals surface area contributed by atoms with Gasteiger partial charge in [-0.25, -0.2) is 4.98 Å². The number of halogens is 3. The average molecular weight is 514 g/mol. The van der Waals surface area contributed by atoms with Crippen molar-refractivity contribution in [3.8, 4) is 0 Å². The number of benzene rings is 2. The predicted molar refractivity (Wildman–Crippen MR) is 142 cm³/mol. The van der Waals surface area contributed by atoms with Crippen molar-refractivity contribution in [3.05, 3.63) is 65.7 Å². The number of hydrogen-bond donors (Lipinski definition) is 1. The number of para-hydroxylation sites is 1. The van der Waals surface area contributed by atoms with Crippen LogP contribution in [0.2, 0.25) is 0 Å². The van der Waals surface area contributed by atoms with Crippen LogP contribution in [0, 0.1) is 0 Å². The number of rotatable bonds is 9. The number of alkyl halides is 3.